The molecular formula is C18H24NO3S+. The first-order valence-corrected chi connectivity index (χ1v) is 8.68. The summed E-state index contributed by atoms with van der Waals surface area (Å²) in [5, 5.41) is 3.28. The number of rotatable bonds is 9. The molecule has 124 valence electrons. The second-order valence-electron chi connectivity index (χ2n) is 4.91. The molecule has 23 heavy (non-hydrogen) atoms. The van der Waals surface area contributed by atoms with Gasteiger partial charge < -0.3 is 14.2 Å². The van der Waals surface area contributed by atoms with E-state index in [9.17, 15) is 0 Å². The van der Waals surface area contributed by atoms with E-state index in [1.54, 1.807) is 11.3 Å². The lowest BCUT2D eigenvalue weighted by Gasteiger charge is -2.17. The van der Waals surface area contributed by atoms with Gasteiger partial charge in [-0.05, 0) is 37.6 Å². The average molecular weight is 334 g/mol. The Bertz CT molecular complexity index is 601. The topological polar surface area (TPSA) is 31.6 Å². The minimum Gasteiger partial charge on any atom is -0.488 e. The van der Waals surface area contributed by atoms with Crippen molar-refractivity contribution < 1.29 is 18.8 Å². The fourth-order valence-electron chi connectivity index (χ4n) is 2.03. The van der Waals surface area contributed by atoms with Crippen molar-refractivity contribution in [2.75, 3.05) is 19.8 Å². The Balaban J connectivity index is 1.89. The Morgan fingerprint density at radius 1 is 1.09 bits per heavy atom. The van der Waals surface area contributed by atoms with E-state index in [0.29, 0.717) is 19.8 Å². The zero-order valence-corrected chi connectivity index (χ0v) is 14.7. The first-order valence-electron chi connectivity index (χ1n) is 7.80. The SMILES string of the molecule is CCOC(COc1ccc(C=Cc2scc[n+]2C)cc1)OCC. The first-order chi connectivity index (χ1) is 11.2. The average Bonchev–Trinajstić information content (AvgIpc) is 2.97. The number of hydrogen-bond acceptors (Lipinski definition) is 4. The molecule has 1 heterocycles. The number of aromatic nitrogens is 1. The van der Waals surface area contributed by atoms with E-state index < -0.39 is 0 Å². The van der Waals surface area contributed by atoms with Gasteiger partial charge >= 0.3 is 0 Å². The van der Waals surface area contributed by atoms with Gasteiger partial charge in [0, 0.05) is 19.3 Å². The second kappa shape index (κ2) is 9.45. The molecule has 0 amide bonds. The molecular weight excluding hydrogens is 310 g/mol. The molecule has 0 atom stereocenters. The molecule has 1 aromatic heterocycles. The Kier molecular flexibility index (Phi) is 7.26. The van der Waals surface area contributed by atoms with Crippen molar-refractivity contribution in [2.24, 2.45) is 7.05 Å². The van der Waals surface area contributed by atoms with Gasteiger partial charge in [-0.2, -0.15) is 4.57 Å². The Hall–Kier alpha value is -1.69. The largest absolute Gasteiger partial charge is 0.488 e. The number of ether oxygens (including phenoxy) is 3. The molecule has 0 bridgehead atoms. The highest BCUT2D eigenvalue weighted by atomic mass is 32.1. The number of benzene rings is 1. The summed E-state index contributed by atoms with van der Waals surface area (Å²) in [6.45, 7) is 5.50. The Labute approximate surface area is 141 Å². The van der Waals surface area contributed by atoms with Crippen molar-refractivity contribution in [1.82, 2.24) is 0 Å². The zero-order chi connectivity index (χ0) is 16.5. The number of aryl methyl sites for hydroxylation is 1. The smallest absolute Gasteiger partial charge is 0.261 e. The van der Waals surface area contributed by atoms with Crippen LogP contribution in [0.3, 0.4) is 0 Å². The van der Waals surface area contributed by atoms with Crippen LogP contribution in [0.25, 0.3) is 12.2 Å². The van der Waals surface area contributed by atoms with Crippen molar-refractivity contribution in [3.05, 3.63) is 46.4 Å². The first kappa shape index (κ1) is 17.7. The van der Waals surface area contributed by atoms with Crippen molar-refractivity contribution in [3.63, 3.8) is 0 Å². The molecule has 0 fully saturated rings. The highest BCUT2D eigenvalue weighted by molar-refractivity contribution is 7.10. The fraction of sp³-hybridized carbons (Fsp3) is 0.389. The van der Waals surface area contributed by atoms with Gasteiger partial charge in [0.15, 0.2) is 12.5 Å². The van der Waals surface area contributed by atoms with Crippen LogP contribution in [-0.4, -0.2) is 26.1 Å². The minimum atomic E-state index is -0.316. The molecule has 2 rings (SSSR count). The van der Waals surface area contributed by atoms with E-state index in [2.05, 4.69) is 28.3 Å². The molecule has 0 spiro atoms. The van der Waals surface area contributed by atoms with Gasteiger partial charge in [0.2, 0.25) is 0 Å². The van der Waals surface area contributed by atoms with E-state index in [4.69, 9.17) is 14.2 Å². The molecule has 5 heteroatoms. The lowest BCUT2D eigenvalue weighted by Crippen LogP contribution is -2.26. The van der Waals surface area contributed by atoms with Gasteiger partial charge in [-0.15, -0.1) is 0 Å². The lowest BCUT2D eigenvalue weighted by molar-refractivity contribution is -0.668. The molecule has 0 saturated heterocycles. The van der Waals surface area contributed by atoms with E-state index in [1.165, 1.54) is 5.01 Å². The van der Waals surface area contributed by atoms with Gasteiger partial charge in [0.25, 0.3) is 5.01 Å². The third kappa shape index (κ3) is 5.78. The van der Waals surface area contributed by atoms with Crippen LogP contribution in [0.1, 0.15) is 24.4 Å². The van der Waals surface area contributed by atoms with Gasteiger partial charge in [-0.3, -0.25) is 0 Å². The highest BCUT2D eigenvalue weighted by Crippen LogP contribution is 2.15. The Morgan fingerprint density at radius 2 is 1.78 bits per heavy atom. The molecule has 0 aliphatic heterocycles. The van der Waals surface area contributed by atoms with E-state index in [-0.39, 0.29) is 6.29 Å². The summed E-state index contributed by atoms with van der Waals surface area (Å²) in [6, 6.07) is 8.00. The van der Waals surface area contributed by atoms with Crippen molar-refractivity contribution in [3.8, 4) is 5.75 Å². The molecule has 4 nitrogen and oxygen atoms in total. The molecule has 0 N–H and O–H groups in total. The van der Waals surface area contributed by atoms with Crippen molar-refractivity contribution >= 4 is 23.5 Å². The maximum absolute atomic E-state index is 5.72. The quantitative estimate of drug-likeness (QED) is 0.519. The van der Waals surface area contributed by atoms with Crippen LogP contribution >= 0.6 is 11.3 Å². The molecule has 1 aromatic carbocycles. The summed E-state index contributed by atoms with van der Waals surface area (Å²) in [4.78, 5) is 0. The lowest BCUT2D eigenvalue weighted by atomic mass is 10.2. The second-order valence-corrected chi connectivity index (χ2v) is 5.83. The van der Waals surface area contributed by atoms with Crippen molar-refractivity contribution in [1.29, 1.82) is 0 Å². The molecule has 0 radical (unpaired) electrons. The van der Waals surface area contributed by atoms with E-state index in [1.807, 2.05) is 45.2 Å². The zero-order valence-electron chi connectivity index (χ0n) is 13.9. The predicted octanol–water partition coefficient (Wildman–Crippen LogP) is 3.52. The van der Waals surface area contributed by atoms with Gasteiger partial charge in [0.1, 0.15) is 19.4 Å². The molecule has 0 aliphatic rings. The van der Waals surface area contributed by atoms with Crippen LogP contribution in [0.4, 0.5) is 0 Å². The van der Waals surface area contributed by atoms with Crippen LogP contribution in [0.15, 0.2) is 35.8 Å². The number of nitrogens with zero attached hydrogens (tertiary/aromatic N) is 1. The summed E-state index contributed by atoms with van der Waals surface area (Å²) in [5.41, 5.74) is 1.14. The third-order valence-electron chi connectivity index (χ3n) is 3.21. The summed E-state index contributed by atoms with van der Waals surface area (Å²) < 4.78 is 18.7. The maximum atomic E-state index is 5.72. The van der Waals surface area contributed by atoms with Crippen LogP contribution in [0.2, 0.25) is 0 Å². The normalized spacial score (nSPS) is 11.5. The minimum absolute atomic E-state index is 0.316. The van der Waals surface area contributed by atoms with E-state index in [0.717, 1.165) is 11.3 Å². The summed E-state index contributed by atoms with van der Waals surface area (Å²) >= 11 is 1.72. The van der Waals surface area contributed by atoms with Gasteiger partial charge in [-0.1, -0.05) is 23.5 Å². The number of hydrogen-bond donors (Lipinski definition) is 0. The molecule has 0 unspecified atom stereocenters. The molecule has 0 aliphatic carbocycles. The summed E-state index contributed by atoms with van der Waals surface area (Å²) in [5.74, 6) is 0.813. The van der Waals surface area contributed by atoms with Crippen LogP contribution in [-0.2, 0) is 16.5 Å². The predicted molar refractivity (Wildman–Crippen MR) is 93.4 cm³/mol. The van der Waals surface area contributed by atoms with Gasteiger partial charge in [-0.25, -0.2) is 0 Å². The highest BCUT2D eigenvalue weighted by Gasteiger charge is 2.08. The molecule has 2 aromatic rings. The fourth-order valence-corrected chi connectivity index (χ4v) is 2.78. The van der Waals surface area contributed by atoms with E-state index >= 15 is 0 Å². The Morgan fingerprint density at radius 3 is 2.35 bits per heavy atom. The third-order valence-corrected chi connectivity index (χ3v) is 4.13. The van der Waals surface area contributed by atoms with Crippen LogP contribution in [0, 0.1) is 0 Å². The van der Waals surface area contributed by atoms with Crippen LogP contribution < -0.4 is 9.30 Å². The maximum Gasteiger partial charge on any atom is 0.261 e. The summed E-state index contributed by atoms with van der Waals surface area (Å²) in [6.07, 6.45) is 5.94. The van der Waals surface area contributed by atoms with Crippen molar-refractivity contribution in [2.45, 2.75) is 20.1 Å². The summed E-state index contributed by atoms with van der Waals surface area (Å²) in [7, 11) is 2.04. The van der Waals surface area contributed by atoms with Crippen LogP contribution in [0.5, 0.6) is 5.75 Å². The molecule has 0 saturated carbocycles. The monoisotopic (exact) mass is 334 g/mol. The van der Waals surface area contributed by atoms with Gasteiger partial charge in [0.05, 0.1) is 5.38 Å². The number of thiazole rings is 1. The standard InChI is InChI=1S/C18H24NO3S/c1-4-20-18(21-5-2)14-22-16-9-6-15(7-10-16)8-11-17-19(3)12-13-23-17/h6-13,18H,4-5,14H2,1-3H3/q+1.